The van der Waals surface area contributed by atoms with Gasteiger partial charge >= 0.3 is 0 Å². The van der Waals surface area contributed by atoms with Crippen molar-refractivity contribution < 1.29 is 17.8 Å². The first kappa shape index (κ1) is 15.4. The van der Waals surface area contributed by atoms with Crippen LogP contribution in [0.15, 0.2) is 12.2 Å². The smallest absolute Gasteiger partial charge is 0.265 e. The van der Waals surface area contributed by atoms with Crippen molar-refractivity contribution in [3.8, 4) is 0 Å². The van der Waals surface area contributed by atoms with Crippen molar-refractivity contribution in [3.05, 3.63) is 12.2 Å². The number of hydrogen-bond donors (Lipinski definition) is 1. The summed E-state index contributed by atoms with van der Waals surface area (Å²) >= 11 is 0. The van der Waals surface area contributed by atoms with E-state index in [0.717, 1.165) is 0 Å². The number of Topliss-reactive ketones (excluding diaryl/α,β-unsaturated/α-hetero) is 1. The van der Waals surface area contributed by atoms with Crippen LogP contribution in [0.5, 0.6) is 0 Å². The first-order valence-electron chi connectivity index (χ1n) is 2.97. The molecular formula is C6H10KO4S. The summed E-state index contributed by atoms with van der Waals surface area (Å²) in [5.74, 6) is -0.874. The van der Waals surface area contributed by atoms with E-state index in [1.165, 1.54) is 6.92 Å². The third kappa shape index (κ3) is 9.05. The number of carbonyl (C=O) groups excluding carboxylic acids is 1. The Bertz CT molecular complexity index is 267. The number of ketones is 1. The normalized spacial score (nSPS) is 10.2. The molecule has 0 aliphatic carbocycles. The van der Waals surface area contributed by atoms with Crippen LogP contribution in [0, 0.1) is 0 Å². The van der Waals surface area contributed by atoms with Crippen molar-refractivity contribution in [2.45, 2.75) is 13.3 Å². The average molecular weight is 217 g/mol. The molecule has 0 aromatic carbocycles. The molecule has 1 radical (unpaired) electrons. The molecule has 0 atom stereocenters. The summed E-state index contributed by atoms with van der Waals surface area (Å²) in [6.45, 7) is 4.82. The van der Waals surface area contributed by atoms with Crippen molar-refractivity contribution in [3.63, 3.8) is 0 Å². The molecule has 0 aromatic heterocycles. The first-order chi connectivity index (χ1) is 4.83. The summed E-state index contributed by atoms with van der Waals surface area (Å²) in [6.07, 6.45) is -0.200. The van der Waals surface area contributed by atoms with Crippen molar-refractivity contribution in [1.82, 2.24) is 0 Å². The van der Waals surface area contributed by atoms with Crippen LogP contribution in [0.2, 0.25) is 0 Å². The monoisotopic (exact) mass is 217 g/mol. The Morgan fingerprint density at radius 1 is 1.50 bits per heavy atom. The predicted octanol–water partition coefficient (Wildman–Crippen LogP) is 0.0287. The fourth-order valence-corrected chi connectivity index (χ4v) is 0.878. The summed E-state index contributed by atoms with van der Waals surface area (Å²) < 4.78 is 28.5. The summed E-state index contributed by atoms with van der Waals surface area (Å²) in [7, 11) is -4.01. The second-order valence-electron chi connectivity index (χ2n) is 2.24. The van der Waals surface area contributed by atoms with Gasteiger partial charge in [-0.1, -0.05) is 6.58 Å². The standard InChI is InChI=1S/C6H10O4S.K/c1-5(2)6(7)3-4-11(8,9)10;/h1,3-4H2,2H3,(H,8,9,10);. The number of allylic oxidation sites excluding steroid dienone is 1. The van der Waals surface area contributed by atoms with Crippen LogP contribution in [0.1, 0.15) is 13.3 Å². The molecule has 0 aromatic rings. The molecule has 0 aliphatic rings. The second-order valence-corrected chi connectivity index (χ2v) is 3.81. The van der Waals surface area contributed by atoms with Gasteiger partial charge in [-0.3, -0.25) is 9.35 Å². The third-order valence-electron chi connectivity index (χ3n) is 1.06. The van der Waals surface area contributed by atoms with E-state index in [-0.39, 0.29) is 63.6 Å². The van der Waals surface area contributed by atoms with Gasteiger partial charge in [-0.2, -0.15) is 8.42 Å². The molecule has 0 fully saturated rings. The predicted molar refractivity (Wildman–Crippen MR) is 46.6 cm³/mol. The Morgan fingerprint density at radius 2 is 1.92 bits per heavy atom. The first-order valence-corrected chi connectivity index (χ1v) is 4.57. The molecule has 1 N–H and O–H groups in total. The van der Waals surface area contributed by atoms with E-state index in [1.54, 1.807) is 0 Å². The van der Waals surface area contributed by atoms with Crippen LogP contribution in [0.25, 0.3) is 0 Å². The van der Waals surface area contributed by atoms with Crippen molar-refractivity contribution in [2.24, 2.45) is 0 Å². The van der Waals surface area contributed by atoms with Crippen molar-refractivity contribution >= 4 is 67.3 Å². The van der Waals surface area contributed by atoms with E-state index in [9.17, 15) is 13.2 Å². The second kappa shape index (κ2) is 6.42. The Labute approximate surface area is 115 Å². The van der Waals surface area contributed by atoms with Crippen LogP contribution in [-0.2, 0) is 14.9 Å². The van der Waals surface area contributed by atoms with E-state index in [1.807, 2.05) is 0 Å². The van der Waals surface area contributed by atoms with Crippen LogP contribution in [-0.4, -0.2) is 75.9 Å². The SMILES string of the molecule is C=C(C)C(=O)CCS(=O)(=O)O.[K]. The zero-order valence-electron chi connectivity index (χ0n) is 7.20. The van der Waals surface area contributed by atoms with E-state index in [4.69, 9.17) is 4.55 Å². The van der Waals surface area contributed by atoms with Gasteiger partial charge in [0.1, 0.15) is 0 Å². The van der Waals surface area contributed by atoms with Gasteiger partial charge in [-0.15, -0.1) is 0 Å². The fourth-order valence-electron chi connectivity index (χ4n) is 0.435. The van der Waals surface area contributed by atoms with Crippen LogP contribution >= 0.6 is 0 Å². The number of rotatable bonds is 4. The van der Waals surface area contributed by atoms with Gasteiger partial charge in [0.05, 0.1) is 5.75 Å². The maximum atomic E-state index is 10.7. The van der Waals surface area contributed by atoms with Gasteiger partial charge in [-0.05, 0) is 12.5 Å². The maximum absolute atomic E-state index is 10.7. The van der Waals surface area contributed by atoms with E-state index in [0.29, 0.717) is 5.57 Å². The minimum Gasteiger partial charge on any atom is -0.295 e. The molecule has 0 bridgehead atoms. The number of hydrogen-bond acceptors (Lipinski definition) is 3. The van der Waals surface area contributed by atoms with E-state index < -0.39 is 15.9 Å². The summed E-state index contributed by atoms with van der Waals surface area (Å²) in [5.41, 5.74) is 0.300. The average Bonchev–Trinajstić information content (AvgIpc) is 1.80. The van der Waals surface area contributed by atoms with Gasteiger partial charge in [0.15, 0.2) is 5.78 Å². The molecule has 0 aliphatic heterocycles. The molecule has 0 saturated heterocycles. The summed E-state index contributed by atoms with van der Waals surface area (Å²) in [4.78, 5) is 10.7. The molecule has 4 nitrogen and oxygen atoms in total. The minimum absolute atomic E-state index is 0. The van der Waals surface area contributed by atoms with E-state index in [2.05, 4.69) is 6.58 Å². The van der Waals surface area contributed by atoms with Crippen LogP contribution in [0.3, 0.4) is 0 Å². The largest absolute Gasteiger partial charge is 0.295 e. The van der Waals surface area contributed by atoms with Crippen molar-refractivity contribution in [1.29, 1.82) is 0 Å². The zero-order chi connectivity index (χ0) is 9.07. The molecular weight excluding hydrogens is 207 g/mol. The fraction of sp³-hybridized carbons (Fsp3) is 0.500. The van der Waals surface area contributed by atoms with Gasteiger partial charge in [0.25, 0.3) is 10.1 Å². The molecule has 65 valence electrons. The van der Waals surface area contributed by atoms with Gasteiger partial charge in [0.2, 0.25) is 0 Å². The number of carbonyl (C=O) groups is 1. The zero-order valence-corrected chi connectivity index (χ0v) is 11.1. The molecule has 12 heavy (non-hydrogen) atoms. The molecule has 0 amide bonds. The van der Waals surface area contributed by atoms with Gasteiger partial charge in [0, 0.05) is 57.8 Å². The quantitative estimate of drug-likeness (QED) is 0.409. The van der Waals surface area contributed by atoms with Crippen LogP contribution < -0.4 is 0 Å². The molecule has 0 unspecified atom stereocenters. The molecule has 0 saturated carbocycles. The maximum Gasteiger partial charge on any atom is 0.265 e. The Kier molecular flexibility index (Phi) is 8.25. The molecule has 0 heterocycles. The summed E-state index contributed by atoms with van der Waals surface area (Å²) in [6, 6.07) is 0. The summed E-state index contributed by atoms with van der Waals surface area (Å²) in [5, 5.41) is 0. The minimum atomic E-state index is -4.01. The van der Waals surface area contributed by atoms with Gasteiger partial charge in [-0.25, -0.2) is 0 Å². The van der Waals surface area contributed by atoms with Crippen molar-refractivity contribution in [2.75, 3.05) is 5.75 Å². The van der Waals surface area contributed by atoms with E-state index >= 15 is 0 Å². The Hall–Kier alpha value is 0.956. The Balaban J connectivity index is 0. The molecule has 0 spiro atoms. The Morgan fingerprint density at radius 3 is 2.17 bits per heavy atom. The van der Waals surface area contributed by atoms with Crippen LogP contribution in [0.4, 0.5) is 0 Å². The third-order valence-corrected chi connectivity index (χ3v) is 1.78. The topological polar surface area (TPSA) is 71.4 Å². The molecule has 6 heteroatoms. The van der Waals surface area contributed by atoms with Gasteiger partial charge < -0.3 is 0 Å². The molecule has 0 rings (SSSR count).